The molecule has 0 aliphatic carbocycles. The molecule has 6 heteroatoms. The van der Waals surface area contributed by atoms with Gasteiger partial charge in [-0.2, -0.15) is 0 Å². The predicted octanol–water partition coefficient (Wildman–Crippen LogP) is 2.67. The molecule has 0 aliphatic rings. The Bertz CT molecular complexity index is 598. The van der Waals surface area contributed by atoms with E-state index in [-0.39, 0.29) is 5.69 Å². The first kappa shape index (κ1) is 14.0. The maximum Gasteiger partial charge on any atom is 0.332 e. The fourth-order valence-corrected chi connectivity index (χ4v) is 2.00. The number of carboxylic acids is 1. The van der Waals surface area contributed by atoms with Crippen LogP contribution in [0.15, 0.2) is 36.8 Å². The maximum absolute atomic E-state index is 13.6. The molecule has 0 fully saturated rings. The highest BCUT2D eigenvalue weighted by molar-refractivity contribution is 5.78. The van der Waals surface area contributed by atoms with E-state index >= 15 is 0 Å². The second kappa shape index (κ2) is 6.18. The topological polar surface area (TPSA) is 67.2 Å². The summed E-state index contributed by atoms with van der Waals surface area (Å²) in [6, 6.07) is 4.95. The van der Waals surface area contributed by atoms with Gasteiger partial charge < -0.3 is 15.0 Å². The third-order valence-electron chi connectivity index (χ3n) is 2.93. The zero-order valence-corrected chi connectivity index (χ0v) is 11.1. The van der Waals surface area contributed by atoms with Crippen LogP contribution in [0.2, 0.25) is 0 Å². The highest BCUT2D eigenvalue weighted by Gasteiger charge is 2.24. The van der Waals surface area contributed by atoms with Crippen molar-refractivity contribution in [2.24, 2.45) is 0 Å². The molecule has 1 heterocycles. The Balaban J connectivity index is 2.30. The van der Waals surface area contributed by atoms with Crippen LogP contribution in [0.25, 0.3) is 0 Å². The molecule has 106 valence electrons. The first-order valence-corrected chi connectivity index (χ1v) is 6.37. The molecule has 0 amide bonds. The lowest BCUT2D eigenvalue weighted by molar-refractivity contribution is -0.138. The summed E-state index contributed by atoms with van der Waals surface area (Å²) in [6.07, 6.45) is 3.93. The number of carbonyl (C=O) groups is 1. The number of aliphatic carboxylic acids is 1. The minimum absolute atomic E-state index is 0.157. The van der Waals surface area contributed by atoms with Crippen molar-refractivity contribution in [3.05, 3.63) is 48.3 Å². The van der Waals surface area contributed by atoms with Crippen LogP contribution < -0.4 is 5.32 Å². The molecule has 2 aromatic rings. The Hall–Kier alpha value is -2.37. The van der Waals surface area contributed by atoms with Crippen LogP contribution in [-0.4, -0.2) is 20.6 Å². The average molecular weight is 277 g/mol. The Morgan fingerprint density at radius 1 is 1.50 bits per heavy atom. The molecule has 1 aromatic heterocycles. The number of rotatable bonds is 6. The minimum Gasteiger partial charge on any atom is -0.479 e. The van der Waals surface area contributed by atoms with E-state index in [1.165, 1.54) is 18.3 Å². The summed E-state index contributed by atoms with van der Waals surface area (Å²) in [4.78, 5) is 15.4. The summed E-state index contributed by atoms with van der Waals surface area (Å²) < 4.78 is 15.4. The predicted molar refractivity (Wildman–Crippen MR) is 72.9 cm³/mol. The summed E-state index contributed by atoms with van der Waals surface area (Å²) >= 11 is 0. The summed E-state index contributed by atoms with van der Waals surface area (Å²) in [5.74, 6) is -1.56. The van der Waals surface area contributed by atoms with Crippen LogP contribution in [0.3, 0.4) is 0 Å². The van der Waals surface area contributed by atoms with Crippen molar-refractivity contribution in [1.29, 1.82) is 0 Å². The van der Waals surface area contributed by atoms with Crippen LogP contribution in [0.5, 0.6) is 0 Å². The smallest absolute Gasteiger partial charge is 0.332 e. The molecule has 1 atom stereocenters. The number of halogens is 1. The van der Waals surface area contributed by atoms with Crippen molar-refractivity contribution in [1.82, 2.24) is 9.55 Å². The number of para-hydroxylation sites is 1. The highest BCUT2D eigenvalue weighted by atomic mass is 19.1. The molecular formula is C14H16FN3O2. The van der Waals surface area contributed by atoms with Gasteiger partial charge >= 0.3 is 5.97 Å². The van der Waals surface area contributed by atoms with Gasteiger partial charge in [0.2, 0.25) is 0 Å². The number of hydrogen-bond acceptors (Lipinski definition) is 3. The lowest BCUT2D eigenvalue weighted by Gasteiger charge is -2.17. The van der Waals surface area contributed by atoms with Crippen molar-refractivity contribution < 1.29 is 14.3 Å². The third kappa shape index (κ3) is 2.96. The first-order chi connectivity index (χ1) is 9.63. The van der Waals surface area contributed by atoms with Crippen molar-refractivity contribution in [3.8, 4) is 0 Å². The van der Waals surface area contributed by atoms with Crippen molar-refractivity contribution >= 4 is 11.7 Å². The summed E-state index contributed by atoms with van der Waals surface area (Å²) in [6.45, 7) is 2.65. The van der Waals surface area contributed by atoms with Crippen molar-refractivity contribution in [2.45, 2.75) is 25.9 Å². The number of benzene rings is 1. The molecule has 1 unspecified atom stereocenters. The minimum atomic E-state index is -1.08. The lowest BCUT2D eigenvalue weighted by Crippen LogP contribution is -2.24. The fraction of sp³-hybridized carbons (Fsp3) is 0.286. The Labute approximate surface area is 116 Å². The normalized spacial score (nSPS) is 12.1. The molecule has 20 heavy (non-hydrogen) atoms. The van der Waals surface area contributed by atoms with Gasteiger partial charge in [0.15, 0.2) is 6.04 Å². The molecule has 0 radical (unpaired) electrons. The van der Waals surface area contributed by atoms with Gasteiger partial charge in [0.05, 0.1) is 23.9 Å². The molecule has 0 aliphatic heterocycles. The van der Waals surface area contributed by atoms with Crippen LogP contribution in [-0.2, 0) is 11.3 Å². The zero-order valence-electron chi connectivity index (χ0n) is 11.1. The first-order valence-electron chi connectivity index (χ1n) is 6.37. The molecule has 0 bridgehead atoms. The third-order valence-corrected chi connectivity index (χ3v) is 2.93. The number of imidazole rings is 1. The molecule has 0 saturated heterocycles. The monoisotopic (exact) mass is 277 g/mol. The molecule has 1 aromatic carbocycles. The summed E-state index contributed by atoms with van der Waals surface area (Å²) in [7, 11) is 0. The Kier molecular flexibility index (Phi) is 4.34. The van der Waals surface area contributed by atoms with Gasteiger partial charge in [-0.15, -0.1) is 0 Å². The van der Waals surface area contributed by atoms with Gasteiger partial charge in [0, 0.05) is 6.54 Å². The van der Waals surface area contributed by atoms with Crippen molar-refractivity contribution in [3.63, 3.8) is 0 Å². The van der Waals surface area contributed by atoms with E-state index in [2.05, 4.69) is 10.3 Å². The standard InChI is InChI=1S/C14H16FN3O2/c1-2-7-18-9-16-8-12(18)13(14(19)20)17-11-6-4-3-5-10(11)15/h3-6,8-9,13,17H,2,7H2,1H3,(H,19,20). The summed E-state index contributed by atoms with van der Waals surface area (Å²) in [5, 5.41) is 12.1. The molecule has 2 N–H and O–H groups in total. The fourth-order valence-electron chi connectivity index (χ4n) is 2.00. The highest BCUT2D eigenvalue weighted by Crippen LogP contribution is 2.22. The van der Waals surface area contributed by atoms with Crippen LogP contribution in [0.1, 0.15) is 25.1 Å². The number of nitrogens with zero attached hydrogens (tertiary/aromatic N) is 2. The molecule has 0 saturated carbocycles. The van der Waals surface area contributed by atoms with Crippen LogP contribution in [0, 0.1) is 5.82 Å². The largest absolute Gasteiger partial charge is 0.479 e. The van der Waals surface area contributed by atoms with Crippen molar-refractivity contribution in [2.75, 3.05) is 5.32 Å². The van der Waals surface area contributed by atoms with Gasteiger partial charge in [0.25, 0.3) is 0 Å². The lowest BCUT2D eigenvalue weighted by atomic mass is 10.2. The van der Waals surface area contributed by atoms with E-state index < -0.39 is 17.8 Å². The van der Waals surface area contributed by atoms with Crippen LogP contribution >= 0.6 is 0 Å². The summed E-state index contributed by atoms with van der Waals surface area (Å²) in [5.41, 5.74) is 0.659. The quantitative estimate of drug-likeness (QED) is 0.852. The number of anilines is 1. The van der Waals surface area contributed by atoms with Gasteiger partial charge in [-0.05, 0) is 18.6 Å². The van der Waals surface area contributed by atoms with E-state index in [0.29, 0.717) is 12.2 Å². The Morgan fingerprint density at radius 2 is 2.25 bits per heavy atom. The number of hydrogen-bond donors (Lipinski definition) is 2. The number of aromatic nitrogens is 2. The van der Waals surface area contributed by atoms with E-state index in [1.54, 1.807) is 23.0 Å². The number of nitrogens with one attached hydrogen (secondary N) is 1. The van der Waals surface area contributed by atoms with Gasteiger partial charge in [-0.3, -0.25) is 0 Å². The van der Waals surface area contributed by atoms with Gasteiger partial charge in [0.1, 0.15) is 5.82 Å². The van der Waals surface area contributed by atoms with Gasteiger partial charge in [-0.25, -0.2) is 14.2 Å². The molecule has 0 spiro atoms. The molecule has 5 nitrogen and oxygen atoms in total. The maximum atomic E-state index is 13.6. The molecular weight excluding hydrogens is 261 g/mol. The van der Waals surface area contributed by atoms with Crippen LogP contribution in [0.4, 0.5) is 10.1 Å². The van der Waals surface area contributed by atoms with Gasteiger partial charge in [-0.1, -0.05) is 19.1 Å². The van der Waals surface area contributed by atoms with E-state index in [4.69, 9.17) is 0 Å². The van der Waals surface area contributed by atoms with E-state index in [0.717, 1.165) is 6.42 Å². The number of carboxylic acid groups (broad SMARTS) is 1. The van der Waals surface area contributed by atoms with E-state index in [9.17, 15) is 14.3 Å². The zero-order chi connectivity index (χ0) is 14.5. The second-order valence-electron chi connectivity index (χ2n) is 4.41. The average Bonchev–Trinajstić information content (AvgIpc) is 2.86. The molecule has 2 rings (SSSR count). The van der Waals surface area contributed by atoms with E-state index in [1.807, 2.05) is 6.92 Å². The SMILES string of the molecule is CCCn1cncc1C(Nc1ccccc1F)C(=O)O. The second-order valence-corrected chi connectivity index (χ2v) is 4.41. The Morgan fingerprint density at radius 3 is 2.90 bits per heavy atom. The number of aryl methyl sites for hydroxylation is 1.